The van der Waals surface area contributed by atoms with Gasteiger partial charge in [-0.15, -0.1) is 13.1 Å². The van der Waals surface area contributed by atoms with Crippen molar-refractivity contribution in [2.45, 2.75) is 26.7 Å². The summed E-state index contributed by atoms with van der Waals surface area (Å²) in [5, 5.41) is 4.38. The van der Waals surface area contributed by atoms with Gasteiger partial charge in [-0.25, -0.2) is 0 Å². The van der Waals surface area contributed by atoms with Crippen molar-refractivity contribution in [2.24, 2.45) is 11.8 Å². The summed E-state index contributed by atoms with van der Waals surface area (Å²) in [4.78, 5) is 0. The molecule has 1 fully saturated rings. The van der Waals surface area contributed by atoms with Crippen molar-refractivity contribution in [2.75, 3.05) is 13.1 Å². The van der Waals surface area contributed by atoms with Crippen molar-refractivity contribution in [3.8, 4) is 0 Å². The molecule has 65 valence electrons. The molecule has 0 amide bonds. The second-order valence-electron chi connectivity index (χ2n) is 3.28. The Labute approximate surface area is 95.9 Å². The van der Waals surface area contributed by atoms with E-state index in [1.807, 2.05) is 0 Å². The van der Waals surface area contributed by atoms with Gasteiger partial charge in [-0.1, -0.05) is 32.6 Å². The second-order valence-corrected chi connectivity index (χ2v) is 3.28. The Hall–Kier alpha value is 1.18. The molecule has 1 rings (SSSR count). The van der Waals surface area contributed by atoms with Crippen LogP contribution in [0.25, 0.3) is 5.32 Å². The quantitative estimate of drug-likeness (QED) is 0.471. The summed E-state index contributed by atoms with van der Waals surface area (Å²) in [5.41, 5.74) is 0. The maximum absolute atomic E-state index is 4.38. The summed E-state index contributed by atoms with van der Waals surface area (Å²) in [6.07, 6.45) is 2.73. The Balaban J connectivity index is 0. The van der Waals surface area contributed by atoms with E-state index in [9.17, 15) is 0 Å². The van der Waals surface area contributed by atoms with Crippen LogP contribution in [0, 0.1) is 11.8 Å². The third kappa shape index (κ3) is 5.42. The molecule has 3 heteroatoms. The van der Waals surface area contributed by atoms with Crippen LogP contribution in [-0.2, 0) is 39.3 Å². The van der Waals surface area contributed by atoms with Crippen LogP contribution in [0.1, 0.15) is 26.7 Å². The molecule has 1 aliphatic heterocycles. The van der Waals surface area contributed by atoms with E-state index < -0.39 is 0 Å². The van der Waals surface area contributed by atoms with Crippen LogP contribution in [0.3, 0.4) is 0 Å². The molecule has 1 radical (unpaired) electrons. The molecule has 1 atom stereocenters. The fourth-order valence-corrected chi connectivity index (χ4v) is 1.36. The summed E-state index contributed by atoms with van der Waals surface area (Å²) >= 11 is 0. The molecular formula is C8H17NSSc-2. The monoisotopic (exact) mass is 204 g/mol. The summed E-state index contributed by atoms with van der Waals surface area (Å²) in [6, 6.07) is 0. The van der Waals surface area contributed by atoms with Crippen molar-refractivity contribution >= 4 is 13.5 Å². The normalized spacial score (nSPS) is 23.7. The average molecular weight is 204 g/mol. The minimum absolute atomic E-state index is 0. The van der Waals surface area contributed by atoms with E-state index in [1.54, 1.807) is 0 Å². The molecule has 0 aromatic rings. The van der Waals surface area contributed by atoms with Crippen molar-refractivity contribution in [3.05, 3.63) is 5.32 Å². The van der Waals surface area contributed by atoms with Crippen molar-refractivity contribution in [1.82, 2.24) is 0 Å². The summed E-state index contributed by atoms with van der Waals surface area (Å²) < 4.78 is 0. The number of piperidine rings is 1. The molecule has 1 aliphatic rings. The smallest absolute Gasteiger partial charge is 0 e. The van der Waals surface area contributed by atoms with Gasteiger partial charge in [0, 0.05) is 25.8 Å². The Kier molecular flexibility index (Phi) is 10.4. The number of hydrogen-bond donors (Lipinski definition) is 0. The predicted molar refractivity (Wildman–Crippen MR) is 49.4 cm³/mol. The van der Waals surface area contributed by atoms with Crippen LogP contribution in [-0.4, -0.2) is 13.1 Å². The van der Waals surface area contributed by atoms with Crippen LogP contribution in [0.15, 0.2) is 0 Å². The van der Waals surface area contributed by atoms with Crippen LogP contribution < -0.4 is 0 Å². The fourth-order valence-electron chi connectivity index (χ4n) is 1.36. The molecular weight excluding hydrogens is 187 g/mol. The van der Waals surface area contributed by atoms with Gasteiger partial charge >= 0.3 is 0 Å². The van der Waals surface area contributed by atoms with Gasteiger partial charge in [0.25, 0.3) is 0 Å². The van der Waals surface area contributed by atoms with Crippen molar-refractivity contribution < 1.29 is 25.8 Å². The largest absolute Gasteiger partial charge is 0.813 e. The van der Waals surface area contributed by atoms with Gasteiger partial charge in [0.1, 0.15) is 0 Å². The molecule has 1 unspecified atom stereocenters. The molecule has 0 N–H and O–H groups in total. The van der Waals surface area contributed by atoms with Gasteiger partial charge in [-0.05, 0) is 5.92 Å². The fraction of sp³-hybridized carbons (Fsp3) is 1.00. The van der Waals surface area contributed by atoms with Crippen molar-refractivity contribution in [1.29, 1.82) is 0 Å². The summed E-state index contributed by atoms with van der Waals surface area (Å²) in [5.74, 6) is 1.73. The van der Waals surface area contributed by atoms with Crippen LogP contribution >= 0.6 is 0 Å². The first-order chi connectivity index (χ1) is 4.30. The zero-order valence-corrected chi connectivity index (χ0v) is 10.2. The minimum atomic E-state index is 0. The number of hydrogen-bond acceptors (Lipinski definition) is 1. The van der Waals surface area contributed by atoms with Crippen LogP contribution in [0.5, 0.6) is 0 Å². The first kappa shape index (κ1) is 14.7. The maximum atomic E-state index is 4.38. The van der Waals surface area contributed by atoms with Gasteiger partial charge in [0.15, 0.2) is 0 Å². The molecule has 0 spiro atoms. The molecule has 1 saturated heterocycles. The van der Waals surface area contributed by atoms with E-state index in [-0.39, 0.29) is 39.3 Å². The molecule has 0 aromatic carbocycles. The average Bonchev–Trinajstić information content (AvgIpc) is 1.90. The first-order valence-electron chi connectivity index (χ1n) is 3.94. The van der Waals surface area contributed by atoms with Gasteiger partial charge in [0.05, 0.1) is 0 Å². The number of thiol groups is 1. The SMILES string of the molecule is CC(C)C1CCC[N-]C1.[SH-].[Sc]. The Bertz CT molecular complexity index is 82.2. The topological polar surface area (TPSA) is 14.1 Å². The molecule has 0 aliphatic carbocycles. The van der Waals surface area contributed by atoms with Crippen LogP contribution in [0.4, 0.5) is 0 Å². The molecule has 11 heavy (non-hydrogen) atoms. The molecule has 0 aromatic heterocycles. The predicted octanol–water partition coefficient (Wildman–Crippen LogP) is 2.15. The zero-order chi connectivity index (χ0) is 6.69. The molecule has 0 bridgehead atoms. The van der Waals surface area contributed by atoms with E-state index >= 15 is 0 Å². The third-order valence-electron chi connectivity index (χ3n) is 2.20. The zero-order valence-electron chi connectivity index (χ0n) is 7.45. The number of rotatable bonds is 1. The van der Waals surface area contributed by atoms with Gasteiger partial charge < -0.3 is 18.8 Å². The Morgan fingerprint density at radius 2 is 2.00 bits per heavy atom. The van der Waals surface area contributed by atoms with Gasteiger partial charge in [-0.2, -0.15) is 0 Å². The minimum Gasteiger partial charge on any atom is -0.813 e. The molecule has 1 nitrogen and oxygen atoms in total. The standard InChI is InChI=1S/C8H16N.H2S.Sc/c1-7(2)8-4-3-5-9-6-8;;/h7-8H,3-6H2,1-2H3;1H2;/q-1;;/p-1. The van der Waals surface area contributed by atoms with Crippen molar-refractivity contribution in [3.63, 3.8) is 0 Å². The van der Waals surface area contributed by atoms with Gasteiger partial charge in [-0.3, -0.25) is 0 Å². The Morgan fingerprint density at radius 1 is 1.36 bits per heavy atom. The molecule has 0 saturated carbocycles. The van der Waals surface area contributed by atoms with E-state index in [0.717, 1.165) is 24.9 Å². The summed E-state index contributed by atoms with van der Waals surface area (Å²) in [7, 11) is 0. The maximum Gasteiger partial charge on any atom is 0 e. The third-order valence-corrected chi connectivity index (χ3v) is 2.20. The summed E-state index contributed by atoms with van der Waals surface area (Å²) in [6.45, 7) is 6.83. The van der Waals surface area contributed by atoms with E-state index in [0.29, 0.717) is 0 Å². The number of nitrogens with zero attached hydrogens (tertiary/aromatic N) is 1. The molecule has 1 heterocycles. The van der Waals surface area contributed by atoms with E-state index in [2.05, 4.69) is 19.2 Å². The van der Waals surface area contributed by atoms with Crippen LogP contribution in [0.2, 0.25) is 0 Å². The second kappa shape index (κ2) is 7.81. The van der Waals surface area contributed by atoms with E-state index in [4.69, 9.17) is 0 Å². The Morgan fingerprint density at radius 3 is 2.27 bits per heavy atom. The van der Waals surface area contributed by atoms with E-state index in [1.165, 1.54) is 12.8 Å². The van der Waals surface area contributed by atoms with Gasteiger partial charge in [0.2, 0.25) is 0 Å². The first-order valence-corrected chi connectivity index (χ1v) is 3.94.